The largest absolute Gasteiger partial charge is 0.346 e. The molecule has 2 aromatic carbocycles. The fourth-order valence-corrected chi connectivity index (χ4v) is 4.53. The number of aliphatic imine (C=N–C) groups is 1. The standard InChI is InChI=1S/C25H25N3O/c29-25(20-14-12-19(13-15-20)18-7-2-1-3-8-18)28-17-21-9-6-16-26-24(21)27-22-10-4-5-11-23(22)28/h4-6,9-16,18H,1-3,7-8,17H2,(H,26,27). The van der Waals surface area contributed by atoms with Gasteiger partial charge < -0.3 is 10.2 Å². The quantitative estimate of drug-likeness (QED) is 0.747. The maximum Gasteiger partial charge on any atom is 0.258 e. The van der Waals surface area contributed by atoms with Gasteiger partial charge in [-0.3, -0.25) is 4.79 Å². The number of nitrogens with one attached hydrogen (secondary N) is 1. The van der Waals surface area contributed by atoms with Crippen LogP contribution in [0.1, 0.15) is 53.9 Å². The molecule has 2 aliphatic heterocycles. The lowest BCUT2D eigenvalue weighted by Crippen LogP contribution is -2.35. The van der Waals surface area contributed by atoms with Crippen LogP contribution in [0, 0.1) is 0 Å². The van der Waals surface area contributed by atoms with Crippen molar-refractivity contribution in [3.63, 3.8) is 0 Å². The summed E-state index contributed by atoms with van der Waals surface area (Å²) in [6.45, 7) is 0.496. The van der Waals surface area contributed by atoms with Gasteiger partial charge in [-0.05, 0) is 54.7 Å². The van der Waals surface area contributed by atoms with E-state index in [-0.39, 0.29) is 5.91 Å². The summed E-state index contributed by atoms with van der Waals surface area (Å²) in [5.41, 5.74) is 4.75. The Labute approximate surface area is 171 Å². The Hall–Kier alpha value is -3.14. The third-order valence-corrected chi connectivity index (χ3v) is 6.13. The van der Waals surface area contributed by atoms with Crippen molar-refractivity contribution in [1.29, 1.82) is 0 Å². The van der Waals surface area contributed by atoms with Crippen molar-refractivity contribution in [3.05, 3.63) is 83.6 Å². The minimum absolute atomic E-state index is 0.0135. The Bertz CT molecular complexity index is 1010. The minimum atomic E-state index is 0.0135. The molecule has 0 saturated heterocycles. The van der Waals surface area contributed by atoms with Crippen molar-refractivity contribution in [2.24, 2.45) is 4.99 Å². The lowest BCUT2D eigenvalue weighted by atomic mass is 9.84. The first-order valence-corrected chi connectivity index (χ1v) is 10.5. The van der Waals surface area contributed by atoms with Crippen molar-refractivity contribution < 1.29 is 4.79 Å². The molecule has 2 heterocycles. The second kappa shape index (κ2) is 7.70. The summed E-state index contributed by atoms with van der Waals surface area (Å²) in [5.74, 6) is 1.47. The van der Waals surface area contributed by atoms with Gasteiger partial charge in [-0.15, -0.1) is 0 Å². The number of hydrogen-bond donors (Lipinski definition) is 1. The molecule has 3 aliphatic rings. The van der Waals surface area contributed by atoms with Crippen LogP contribution in [0.3, 0.4) is 0 Å². The topological polar surface area (TPSA) is 44.7 Å². The third kappa shape index (κ3) is 3.51. The van der Waals surface area contributed by atoms with E-state index in [2.05, 4.69) is 17.4 Å². The number of anilines is 1. The Kier molecular flexibility index (Phi) is 4.76. The van der Waals surface area contributed by atoms with Gasteiger partial charge in [0.2, 0.25) is 0 Å². The smallest absolute Gasteiger partial charge is 0.258 e. The highest BCUT2D eigenvalue weighted by Gasteiger charge is 2.26. The zero-order valence-corrected chi connectivity index (χ0v) is 16.5. The highest BCUT2D eigenvalue weighted by molar-refractivity contribution is 6.12. The Morgan fingerprint density at radius 2 is 1.79 bits per heavy atom. The summed E-state index contributed by atoms with van der Waals surface area (Å²) in [7, 11) is 0. The number of para-hydroxylation sites is 2. The molecule has 1 aliphatic carbocycles. The van der Waals surface area contributed by atoms with Crippen LogP contribution in [-0.4, -0.2) is 18.3 Å². The predicted molar refractivity (Wildman–Crippen MR) is 118 cm³/mol. The molecule has 1 N–H and O–H groups in total. The van der Waals surface area contributed by atoms with E-state index in [1.807, 2.05) is 59.7 Å². The first kappa shape index (κ1) is 17.9. The van der Waals surface area contributed by atoms with Gasteiger partial charge in [-0.2, -0.15) is 0 Å². The monoisotopic (exact) mass is 383 g/mol. The van der Waals surface area contributed by atoms with Crippen molar-refractivity contribution in [2.75, 3.05) is 11.4 Å². The summed E-state index contributed by atoms with van der Waals surface area (Å²) in [4.78, 5) is 20.1. The molecule has 1 amide bonds. The summed E-state index contributed by atoms with van der Waals surface area (Å²) in [6.07, 6.45) is 12.4. The Balaban J connectivity index is 1.46. The fraction of sp³-hybridized carbons (Fsp3) is 0.280. The summed E-state index contributed by atoms with van der Waals surface area (Å²) < 4.78 is 0. The number of dihydropyridines is 1. The summed E-state index contributed by atoms with van der Waals surface area (Å²) in [5, 5.41) is 3.21. The lowest BCUT2D eigenvalue weighted by molar-refractivity contribution is 0.0989. The number of hydrogen-bond acceptors (Lipinski definition) is 3. The van der Waals surface area contributed by atoms with Crippen LogP contribution >= 0.6 is 0 Å². The van der Waals surface area contributed by atoms with E-state index in [9.17, 15) is 4.79 Å². The minimum Gasteiger partial charge on any atom is -0.346 e. The van der Waals surface area contributed by atoms with E-state index in [0.29, 0.717) is 12.5 Å². The molecular weight excluding hydrogens is 358 g/mol. The van der Waals surface area contributed by atoms with Crippen molar-refractivity contribution in [1.82, 2.24) is 5.32 Å². The average molecular weight is 383 g/mol. The number of carbonyl (C=O) groups is 1. The number of fused-ring (bicyclic) bond motifs is 2. The summed E-state index contributed by atoms with van der Waals surface area (Å²) >= 11 is 0. The molecule has 5 rings (SSSR count). The first-order chi connectivity index (χ1) is 14.3. The van der Waals surface area contributed by atoms with E-state index in [4.69, 9.17) is 4.99 Å². The second-order valence-corrected chi connectivity index (χ2v) is 7.99. The van der Waals surface area contributed by atoms with E-state index in [1.165, 1.54) is 37.7 Å². The molecule has 1 fully saturated rings. The van der Waals surface area contributed by atoms with Crippen LogP contribution in [0.4, 0.5) is 11.4 Å². The van der Waals surface area contributed by atoms with Gasteiger partial charge in [-0.1, -0.05) is 49.6 Å². The molecule has 0 bridgehead atoms. The van der Waals surface area contributed by atoms with Gasteiger partial charge >= 0.3 is 0 Å². The molecule has 4 nitrogen and oxygen atoms in total. The van der Waals surface area contributed by atoms with Crippen LogP contribution in [0.2, 0.25) is 0 Å². The zero-order valence-electron chi connectivity index (χ0n) is 16.5. The van der Waals surface area contributed by atoms with Crippen LogP contribution in [0.5, 0.6) is 0 Å². The molecule has 0 aromatic heterocycles. The van der Waals surface area contributed by atoms with Crippen LogP contribution in [0.15, 0.2) is 77.4 Å². The van der Waals surface area contributed by atoms with Gasteiger partial charge in [0.15, 0.2) is 0 Å². The number of benzene rings is 2. The number of amides is 1. The molecule has 4 heteroatoms. The first-order valence-electron chi connectivity index (χ1n) is 10.5. The maximum absolute atomic E-state index is 13.5. The second-order valence-electron chi connectivity index (χ2n) is 7.99. The van der Waals surface area contributed by atoms with E-state index in [1.54, 1.807) is 0 Å². The average Bonchev–Trinajstić information content (AvgIpc) is 2.96. The van der Waals surface area contributed by atoms with Gasteiger partial charge in [-0.25, -0.2) is 4.99 Å². The highest BCUT2D eigenvalue weighted by Crippen LogP contribution is 2.35. The van der Waals surface area contributed by atoms with E-state index in [0.717, 1.165) is 28.3 Å². The third-order valence-electron chi connectivity index (χ3n) is 6.13. The SMILES string of the molecule is O=C(c1ccc(C2CCCCC2)cc1)N1CC2=CC=CNC2=Nc2ccccc21. The number of allylic oxidation sites excluding steroid dienone is 2. The van der Waals surface area contributed by atoms with Gasteiger partial charge in [0.25, 0.3) is 5.91 Å². The highest BCUT2D eigenvalue weighted by atomic mass is 16.2. The molecule has 146 valence electrons. The van der Waals surface area contributed by atoms with Crippen molar-refractivity contribution >= 4 is 23.1 Å². The van der Waals surface area contributed by atoms with Crippen molar-refractivity contribution in [2.45, 2.75) is 38.0 Å². The fourth-order valence-electron chi connectivity index (χ4n) is 4.53. The van der Waals surface area contributed by atoms with Gasteiger partial charge in [0, 0.05) is 17.3 Å². The molecule has 1 saturated carbocycles. The normalized spacial score (nSPS) is 18.7. The molecule has 0 unspecified atom stereocenters. The van der Waals surface area contributed by atoms with Gasteiger partial charge in [0.05, 0.1) is 17.9 Å². The zero-order chi connectivity index (χ0) is 19.6. The van der Waals surface area contributed by atoms with Crippen LogP contribution < -0.4 is 10.2 Å². The molecule has 2 aromatic rings. The van der Waals surface area contributed by atoms with E-state index >= 15 is 0 Å². The Morgan fingerprint density at radius 1 is 1.00 bits per heavy atom. The molecule has 29 heavy (non-hydrogen) atoms. The molecule has 0 atom stereocenters. The number of rotatable bonds is 2. The van der Waals surface area contributed by atoms with Gasteiger partial charge in [0.1, 0.15) is 5.84 Å². The van der Waals surface area contributed by atoms with Crippen molar-refractivity contribution in [3.8, 4) is 0 Å². The lowest BCUT2D eigenvalue weighted by Gasteiger charge is -2.25. The Morgan fingerprint density at radius 3 is 2.62 bits per heavy atom. The number of carbonyl (C=O) groups excluding carboxylic acids is 1. The maximum atomic E-state index is 13.5. The summed E-state index contributed by atoms with van der Waals surface area (Å²) in [6, 6.07) is 16.1. The molecular formula is C25H25N3O. The number of amidine groups is 1. The molecule has 0 spiro atoms. The van der Waals surface area contributed by atoms with Crippen LogP contribution in [-0.2, 0) is 0 Å². The predicted octanol–water partition coefficient (Wildman–Crippen LogP) is 5.47. The van der Waals surface area contributed by atoms with E-state index < -0.39 is 0 Å². The number of nitrogens with zero attached hydrogens (tertiary/aromatic N) is 2. The molecule has 0 radical (unpaired) electrons. The van der Waals surface area contributed by atoms with Crippen LogP contribution in [0.25, 0.3) is 0 Å².